The Morgan fingerprint density at radius 3 is 2.46 bits per heavy atom. The van der Waals surface area contributed by atoms with Gasteiger partial charge in [-0.15, -0.1) is 0 Å². The van der Waals surface area contributed by atoms with Crippen molar-refractivity contribution < 1.29 is 0 Å². The summed E-state index contributed by atoms with van der Waals surface area (Å²) in [6, 6.07) is 0.536. The van der Waals surface area contributed by atoms with E-state index in [2.05, 4.69) is 26.2 Å². The van der Waals surface area contributed by atoms with Crippen LogP contribution in [0.25, 0.3) is 0 Å². The highest BCUT2D eigenvalue weighted by molar-refractivity contribution is 4.98. The predicted molar refractivity (Wildman–Crippen MR) is 57.1 cm³/mol. The molecular formula is C11H24N2. The van der Waals surface area contributed by atoms with Gasteiger partial charge >= 0.3 is 0 Å². The van der Waals surface area contributed by atoms with Crippen LogP contribution in [0.2, 0.25) is 0 Å². The Morgan fingerprint density at radius 2 is 2.08 bits per heavy atom. The van der Waals surface area contributed by atoms with Gasteiger partial charge in [0.1, 0.15) is 0 Å². The predicted octanol–water partition coefficient (Wildman–Crippen LogP) is 2.44. The molecule has 0 aromatic rings. The van der Waals surface area contributed by atoms with E-state index < -0.39 is 0 Å². The Balaban J connectivity index is 2.31. The Bertz CT molecular complexity index is 152. The van der Waals surface area contributed by atoms with E-state index in [1.165, 1.54) is 32.1 Å². The lowest BCUT2D eigenvalue weighted by Gasteiger charge is -2.25. The molecule has 2 atom stereocenters. The van der Waals surface area contributed by atoms with Crippen molar-refractivity contribution in [3.8, 4) is 0 Å². The zero-order valence-electron chi connectivity index (χ0n) is 9.27. The van der Waals surface area contributed by atoms with Crippen molar-refractivity contribution >= 4 is 0 Å². The fraction of sp³-hybridized carbons (Fsp3) is 1.00. The van der Waals surface area contributed by atoms with Gasteiger partial charge in [-0.2, -0.15) is 0 Å². The Kier molecular flexibility index (Phi) is 3.74. The molecule has 0 saturated heterocycles. The van der Waals surface area contributed by atoms with Gasteiger partial charge in [0.25, 0.3) is 0 Å². The molecule has 13 heavy (non-hydrogen) atoms. The Morgan fingerprint density at radius 1 is 1.46 bits per heavy atom. The molecule has 0 aromatic heterocycles. The monoisotopic (exact) mass is 184 g/mol. The van der Waals surface area contributed by atoms with Crippen molar-refractivity contribution in [2.24, 2.45) is 17.2 Å². The SMILES string of the molecule is CCCC(C)CC(NN)C1(C)CC1. The summed E-state index contributed by atoms with van der Waals surface area (Å²) >= 11 is 0. The molecule has 0 radical (unpaired) electrons. The van der Waals surface area contributed by atoms with Gasteiger partial charge in [-0.05, 0) is 30.6 Å². The standard InChI is InChI=1S/C11H24N2/c1-4-5-9(2)8-10(13-12)11(3)6-7-11/h9-10,13H,4-8,12H2,1-3H3. The van der Waals surface area contributed by atoms with Crippen molar-refractivity contribution in [2.75, 3.05) is 0 Å². The van der Waals surface area contributed by atoms with Gasteiger partial charge in [-0.25, -0.2) is 0 Å². The zero-order valence-corrected chi connectivity index (χ0v) is 9.27. The lowest BCUT2D eigenvalue weighted by Crippen LogP contribution is -2.42. The summed E-state index contributed by atoms with van der Waals surface area (Å²) < 4.78 is 0. The van der Waals surface area contributed by atoms with E-state index in [-0.39, 0.29) is 0 Å². The number of nitrogens with one attached hydrogen (secondary N) is 1. The minimum Gasteiger partial charge on any atom is -0.271 e. The van der Waals surface area contributed by atoms with Gasteiger partial charge in [0.2, 0.25) is 0 Å². The molecule has 1 rings (SSSR count). The normalized spacial score (nSPS) is 24.0. The molecule has 1 fully saturated rings. The largest absolute Gasteiger partial charge is 0.271 e. The van der Waals surface area contributed by atoms with E-state index in [0.717, 1.165) is 5.92 Å². The second-order valence-corrected chi connectivity index (χ2v) is 5.00. The van der Waals surface area contributed by atoms with Crippen LogP contribution in [-0.2, 0) is 0 Å². The van der Waals surface area contributed by atoms with E-state index in [0.29, 0.717) is 11.5 Å². The summed E-state index contributed by atoms with van der Waals surface area (Å²) in [6.45, 7) is 6.93. The maximum atomic E-state index is 5.59. The zero-order chi connectivity index (χ0) is 9.90. The molecule has 0 heterocycles. The first-order chi connectivity index (χ1) is 6.12. The number of hydrazine groups is 1. The van der Waals surface area contributed by atoms with Crippen molar-refractivity contribution in [3.63, 3.8) is 0 Å². The fourth-order valence-electron chi connectivity index (χ4n) is 2.11. The Hall–Kier alpha value is -0.0800. The first-order valence-corrected chi connectivity index (χ1v) is 5.58. The molecule has 2 nitrogen and oxygen atoms in total. The van der Waals surface area contributed by atoms with Crippen molar-refractivity contribution in [3.05, 3.63) is 0 Å². The van der Waals surface area contributed by atoms with E-state index in [4.69, 9.17) is 5.84 Å². The van der Waals surface area contributed by atoms with Crippen LogP contribution in [0.3, 0.4) is 0 Å². The summed E-state index contributed by atoms with van der Waals surface area (Å²) in [5.41, 5.74) is 3.50. The summed E-state index contributed by atoms with van der Waals surface area (Å²) in [7, 11) is 0. The topological polar surface area (TPSA) is 38.0 Å². The average molecular weight is 184 g/mol. The number of hydrogen-bond donors (Lipinski definition) is 2. The quantitative estimate of drug-likeness (QED) is 0.491. The number of rotatable bonds is 6. The second-order valence-electron chi connectivity index (χ2n) is 5.00. The highest BCUT2D eigenvalue weighted by atomic mass is 15.2. The molecule has 0 aromatic carbocycles. The third kappa shape index (κ3) is 2.96. The van der Waals surface area contributed by atoms with Gasteiger partial charge in [0, 0.05) is 6.04 Å². The maximum absolute atomic E-state index is 5.59. The number of nitrogens with two attached hydrogens (primary N) is 1. The molecule has 3 N–H and O–H groups in total. The first kappa shape index (κ1) is 11.0. The van der Waals surface area contributed by atoms with E-state index >= 15 is 0 Å². The van der Waals surface area contributed by atoms with Crippen molar-refractivity contribution in [1.82, 2.24) is 5.43 Å². The van der Waals surface area contributed by atoms with Crippen LogP contribution in [0, 0.1) is 11.3 Å². The van der Waals surface area contributed by atoms with Crippen LogP contribution in [-0.4, -0.2) is 6.04 Å². The van der Waals surface area contributed by atoms with Gasteiger partial charge in [0.05, 0.1) is 0 Å². The van der Waals surface area contributed by atoms with Crippen LogP contribution in [0.1, 0.15) is 52.9 Å². The van der Waals surface area contributed by atoms with Crippen LogP contribution >= 0.6 is 0 Å². The highest BCUT2D eigenvalue weighted by Crippen LogP contribution is 2.49. The molecule has 1 aliphatic rings. The average Bonchev–Trinajstić information content (AvgIpc) is 2.81. The summed E-state index contributed by atoms with van der Waals surface area (Å²) in [6.07, 6.45) is 6.55. The van der Waals surface area contributed by atoms with Crippen LogP contribution in [0.5, 0.6) is 0 Å². The minimum atomic E-state index is 0.511. The Labute approximate surface area is 82.2 Å². The molecular weight excluding hydrogens is 160 g/mol. The minimum absolute atomic E-state index is 0.511. The van der Waals surface area contributed by atoms with E-state index in [9.17, 15) is 0 Å². The fourth-order valence-corrected chi connectivity index (χ4v) is 2.11. The molecule has 78 valence electrons. The molecule has 0 bridgehead atoms. The molecule has 2 unspecified atom stereocenters. The molecule has 0 aliphatic heterocycles. The van der Waals surface area contributed by atoms with Crippen LogP contribution in [0.15, 0.2) is 0 Å². The number of hydrogen-bond acceptors (Lipinski definition) is 2. The van der Waals surface area contributed by atoms with Crippen molar-refractivity contribution in [2.45, 2.75) is 58.9 Å². The van der Waals surface area contributed by atoms with Gasteiger partial charge in [-0.1, -0.05) is 33.6 Å². The third-order valence-corrected chi connectivity index (χ3v) is 3.50. The summed E-state index contributed by atoms with van der Waals surface area (Å²) in [5, 5.41) is 0. The molecule has 1 aliphatic carbocycles. The highest BCUT2D eigenvalue weighted by Gasteiger charge is 2.44. The van der Waals surface area contributed by atoms with Crippen LogP contribution < -0.4 is 11.3 Å². The lowest BCUT2D eigenvalue weighted by molar-refractivity contribution is 0.292. The van der Waals surface area contributed by atoms with Gasteiger partial charge < -0.3 is 0 Å². The molecule has 0 spiro atoms. The van der Waals surface area contributed by atoms with E-state index in [1.807, 2.05) is 0 Å². The van der Waals surface area contributed by atoms with Gasteiger partial charge in [-0.3, -0.25) is 11.3 Å². The van der Waals surface area contributed by atoms with Crippen LogP contribution in [0.4, 0.5) is 0 Å². The second kappa shape index (κ2) is 4.43. The van der Waals surface area contributed by atoms with Crippen molar-refractivity contribution in [1.29, 1.82) is 0 Å². The maximum Gasteiger partial charge on any atom is 0.0266 e. The lowest BCUT2D eigenvalue weighted by atomic mass is 9.89. The summed E-state index contributed by atoms with van der Waals surface area (Å²) in [5.74, 6) is 6.40. The summed E-state index contributed by atoms with van der Waals surface area (Å²) in [4.78, 5) is 0. The van der Waals surface area contributed by atoms with Gasteiger partial charge in [0.15, 0.2) is 0 Å². The smallest absolute Gasteiger partial charge is 0.0266 e. The molecule has 0 amide bonds. The molecule has 2 heteroatoms. The van der Waals surface area contributed by atoms with E-state index in [1.54, 1.807) is 0 Å². The third-order valence-electron chi connectivity index (χ3n) is 3.50. The molecule has 1 saturated carbocycles. The first-order valence-electron chi connectivity index (χ1n) is 5.58.